The maximum Gasteiger partial charge on any atom is 0.252 e. The minimum Gasteiger partial charge on any atom is -0.355 e. The molecule has 0 saturated carbocycles. The van der Waals surface area contributed by atoms with Gasteiger partial charge in [-0.2, -0.15) is 4.31 Å². The lowest BCUT2D eigenvalue weighted by atomic mass is 10.4. The van der Waals surface area contributed by atoms with Gasteiger partial charge in [0.15, 0.2) is 5.96 Å². The average molecular weight is 302 g/mol. The molecule has 1 atom stereocenters. The highest BCUT2D eigenvalue weighted by Crippen LogP contribution is 2.19. The monoisotopic (exact) mass is 302 g/mol. The topological polar surface area (TPSA) is 73.8 Å². The predicted octanol–water partition coefficient (Wildman–Crippen LogP) is 0.306. The molecular weight excluding hydrogens is 284 g/mol. The normalized spacial score (nSPS) is 19.3. The standard InChI is InChI=1S/C11H18N4O2S2/c1-9-8-13-11(14-9)12-5-6-15(2)19(16,17)10-4-3-7-18-10/h3-4,7,9H,5-6,8H2,1-2H3,(H2,12,13,14). The van der Waals surface area contributed by atoms with E-state index in [0.717, 1.165) is 12.5 Å². The van der Waals surface area contributed by atoms with Crippen LogP contribution in [0.3, 0.4) is 0 Å². The number of sulfonamides is 1. The van der Waals surface area contributed by atoms with Gasteiger partial charge in [0.1, 0.15) is 4.21 Å². The van der Waals surface area contributed by atoms with Crippen LogP contribution in [0, 0.1) is 0 Å². The molecule has 1 unspecified atom stereocenters. The summed E-state index contributed by atoms with van der Waals surface area (Å²) in [5, 5.41) is 8.02. The fourth-order valence-electron chi connectivity index (χ4n) is 1.68. The Morgan fingerprint density at radius 2 is 2.42 bits per heavy atom. The molecule has 2 N–H and O–H groups in total. The Balaban J connectivity index is 1.83. The molecule has 0 spiro atoms. The maximum atomic E-state index is 12.1. The Labute approximate surface area is 117 Å². The van der Waals surface area contributed by atoms with E-state index in [9.17, 15) is 8.42 Å². The summed E-state index contributed by atoms with van der Waals surface area (Å²) in [7, 11) is -1.76. The minimum absolute atomic E-state index is 0.343. The van der Waals surface area contributed by atoms with E-state index < -0.39 is 10.0 Å². The van der Waals surface area contributed by atoms with Crippen molar-refractivity contribution >= 4 is 27.3 Å². The first-order valence-electron chi connectivity index (χ1n) is 6.05. The summed E-state index contributed by atoms with van der Waals surface area (Å²) in [5.41, 5.74) is 0. The van der Waals surface area contributed by atoms with Gasteiger partial charge in [-0.25, -0.2) is 8.42 Å². The van der Waals surface area contributed by atoms with Gasteiger partial charge in [0, 0.05) is 26.2 Å². The number of thiophene rings is 1. The second-order valence-electron chi connectivity index (χ2n) is 4.42. The number of likely N-dealkylation sites (N-methyl/N-ethyl adjacent to an activating group) is 1. The van der Waals surface area contributed by atoms with Crippen LogP contribution in [-0.2, 0) is 10.0 Å². The van der Waals surface area contributed by atoms with Crippen molar-refractivity contribution in [2.75, 3.05) is 26.7 Å². The number of hydrogen-bond donors (Lipinski definition) is 2. The summed E-state index contributed by atoms with van der Waals surface area (Å²) in [4.78, 5) is 4.25. The predicted molar refractivity (Wildman–Crippen MR) is 77.0 cm³/mol. The number of nitrogens with zero attached hydrogens (tertiary/aromatic N) is 2. The van der Waals surface area contributed by atoms with Crippen molar-refractivity contribution in [2.24, 2.45) is 4.99 Å². The van der Waals surface area contributed by atoms with Crippen molar-refractivity contribution in [3.8, 4) is 0 Å². The van der Waals surface area contributed by atoms with Gasteiger partial charge in [-0.05, 0) is 18.4 Å². The fraction of sp³-hybridized carbons (Fsp3) is 0.545. The van der Waals surface area contributed by atoms with Crippen LogP contribution in [0.2, 0.25) is 0 Å². The molecule has 1 aromatic rings. The van der Waals surface area contributed by atoms with Gasteiger partial charge in [0.2, 0.25) is 0 Å². The summed E-state index contributed by atoms with van der Waals surface area (Å²) < 4.78 is 26.0. The molecule has 0 saturated heterocycles. The zero-order valence-electron chi connectivity index (χ0n) is 11.0. The second kappa shape index (κ2) is 5.89. The first-order chi connectivity index (χ1) is 9.00. The van der Waals surface area contributed by atoms with E-state index in [-0.39, 0.29) is 0 Å². The number of aliphatic imine (C=N–C) groups is 1. The smallest absolute Gasteiger partial charge is 0.252 e. The highest BCUT2D eigenvalue weighted by Gasteiger charge is 2.21. The number of nitrogens with one attached hydrogen (secondary N) is 2. The van der Waals surface area contributed by atoms with Crippen LogP contribution in [0.25, 0.3) is 0 Å². The Kier molecular flexibility index (Phi) is 4.43. The van der Waals surface area contributed by atoms with Crippen molar-refractivity contribution in [1.82, 2.24) is 14.9 Å². The lowest BCUT2D eigenvalue weighted by Gasteiger charge is -2.17. The summed E-state index contributed by atoms with van der Waals surface area (Å²) in [6.07, 6.45) is 0. The quantitative estimate of drug-likeness (QED) is 0.821. The van der Waals surface area contributed by atoms with Crippen LogP contribution in [0.5, 0.6) is 0 Å². The van der Waals surface area contributed by atoms with Gasteiger partial charge in [-0.1, -0.05) is 6.07 Å². The number of hydrogen-bond acceptors (Lipinski definition) is 6. The van der Waals surface area contributed by atoms with E-state index in [2.05, 4.69) is 15.6 Å². The number of guanidine groups is 1. The largest absolute Gasteiger partial charge is 0.355 e. The average Bonchev–Trinajstić information content (AvgIpc) is 3.00. The van der Waals surface area contributed by atoms with Crippen LogP contribution in [0.1, 0.15) is 6.92 Å². The maximum absolute atomic E-state index is 12.1. The van der Waals surface area contributed by atoms with Gasteiger partial charge in [0.05, 0.1) is 6.54 Å². The van der Waals surface area contributed by atoms with Crippen molar-refractivity contribution < 1.29 is 8.42 Å². The van der Waals surface area contributed by atoms with Crippen molar-refractivity contribution in [3.63, 3.8) is 0 Å². The third-order valence-electron chi connectivity index (χ3n) is 2.79. The summed E-state index contributed by atoms with van der Waals surface area (Å²) >= 11 is 1.23. The first kappa shape index (κ1) is 14.3. The molecule has 0 amide bonds. The molecule has 6 nitrogen and oxygen atoms in total. The Bertz CT molecular complexity index is 539. The van der Waals surface area contributed by atoms with Gasteiger partial charge in [0.25, 0.3) is 10.0 Å². The minimum atomic E-state index is -3.35. The molecule has 0 radical (unpaired) electrons. The van der Waals surface area contributed by atoms with E-state index in [1.165, 1.54) is 15.6 Å². The van der Waals surface area contributed by atoms with Crippen LogP contribution in [0.15, 0.2) is 26.7 Å². The van der Waals surface area contributed by atoms with E-state index >= 15 is 0 Å². The zero-order chi connectivity index (χ0) is 13.9. The SMILES string of the molecule is CC1CN=C(NCCN(C)S(=O)(=O)c2cccs2)N1. The molecule has 2 heterocycles. The van der Waals surface area contributed by atoms with E-state index in [4.69, 9.17) is 0 Å². The molecule has 0 aromatic carbocycles. The molecule has 0 aliphatic carbocycles. The van der Waals surface area contributed by atoms with E-state index in [0.29, 0.717) is 23.3 Å². The van der Waals surface area contributed by atoms with Crippen molar-refractivity contribution in [3.05, 3.63) is 17.5 Å². The molecule has 1 aromatic heterocycles. The van der Waals surface area contributed by atoms with Crippen LogP contribution in [-0.4, -0.2) is 51.4 Å². The highest BCUT2D eigenvalue weighted by atomic mass is 32.2. The molecule has 19 heavy (non-hydrogen) atoms. The molecule has 0 bridgehead atoms. The Morgan fingerprint density at radius 1 is 1.63 bits per heavy atom. The van der Waals surface area contributed by atoms with Crippen LogP contribution < -0.4 is 10.6 Å². The summed E-state index contributed by atoms with van der Waals surface area (Å²) in [6, 6.07) is 3.70. The fourth-order valence-corrected chi connectivity index (χ4v) is 4.05. The molecule has 0 fully saturated rings. The summed E-state index contributed by atoms with van der Waals surface area (Å²) in [5.74, 6) is 0.745. The third-order valence-corrected chi connectivity index (χ3v) is 6.02. The van der Waals surface area contributed by atoms with Gasteiger partial charge in [-0.3, -0.25) is 4.99 Å². The number of rotatable bonds is 5. The Morgan fingerprint density at radius 3 is 3.00 bits per heavy atom. The molecular formula is C11H18N4O2S2. The van der Waals surface area contributed by atoms with Gasteiger partial charge >= 0.3 is 0 Å². The summed E-state index contributed by atoms with van der Waals surface area (Å²) in [6.45, 7) is 3.73. The third kappa shape index (κ3) is 3.46. The molecule has 1 aliphatic rings. The van der Waals surface area contributed by atoms with Crippen molar-refractivity contribution in [2.45, 2.75) is 17.2 Å². The van der Waals surface area contributed by atoms with Crippen LogP contribution >= 0.6 is 11.3 Å². The molecule has 2 rings (SSSR count). The van der Waals surface area contributed by atoms with E-state index in [1.807, 2.05) is 6.92 Å². The van der Waals surface area contributed by atoms with Gasteiger partial charge < -0.3 is 10.6 Å². The van der Waals surface area contributed by atoms with Gasteiger partial charge in [-0.15, -0.1) is 11.3 Å². The van der Waals surface area contributed by atoms with Crippen molar-refractivity contribution in [1.29, 1.82) is 0 Å². The first-order valence-corrected chi connectivity index (χ1v) is 8.37. The zero-order valence-corrected chi connectivity index (χ0v) is 12.6. The highest BCUT2D eigenvalue weighted by molar-refractivity contribution is 7.91. The van der Waals surface area contributed by atoms with Crippen LogP contribution in [0.4, 0.5) is 0 Å². The second-order valence-corrected chi connectivity index (χ2v) is 7.64. The molecule has 8 heteroatoms. The Hall–Kier alpha value is -1.12. The van der Waals surface area contributed by atoms with E-state index in [1.54, 1.807) is 24.6 Å². The lowest BCUT2D eigenvalue weighted by Crippen LogP contribution is -2.41. The lowest BCUT2D eigenvalue weighted by molar-refractivity contribution is 0.471. The molecule has 1 aliphatic heterocycles. The molecule has 106 valence electrons.